The molecule has 1 amide bonds. The Balaban J connectivity index is 0.000000861. The third kappa shape index (κ3) is 3.57. The molecule has 0 radical (unpaired) electrons. The molecule has 0 fully saturated rings. The highest BCUT2D eigenvalue weighted by Gasteiger charge is 2.05. The highest BCUT2D eigenvalue weighted by Crippen LogP contribution is 2.22. The molecule has 2 heteroatoms. The van der Waals surface area contributed by atoms with E-state index < -0.39 is 0 Å². The van der Waals surface area contributed by atoms with Crippen LogP contribution in [0.25, 0.3) is 10.8 Å². The van der Waals surface area contributed by atoms with Crippen LogP contribution in [0, 0.1) is 0 Å². The summed E-state index contributed by atoms with van der Waals surface area (Å²) in [5.74, 6) is 0.484. The van der Waals surface area contributed by atoms with Gasteiger partial charge in [0.05, 0.1) is 0 Å². The van der Waals surface area contributed by atoms with Gasteiger partial charge in [0.1, 0.15) is 0 Å². The topological polar surface area (TPSA) is 29.1 Å². The number of amides is 1. The van der Waals surface area contributed by atoms with Crippen LogP contribution < -0.4 is 5.32 Å². The first-order chi connectivity index (χ1) is 9.11. The molecule has 1 N–H and O–H groups in total. The highest BCUT2D eigenvalue weighted by molar-refractivity contribution is 5.98. The third-order valence-corrected chi connectivity index (χ3v) is 3.02. The smallest absolute Gasteiger partial charge is 0.251 e. The first-order valence-corrected chi connectivity index (χ1v) is 6.87. The minimum atomic E-state index is -0.0418. The van der Waals surface area contributed by atoms with Gasteiger partial charge in [-0.2, -0.15) is 0 Å². The molecule has 19 heavy (non-hydrogen) atoms. The normalized spacial score (nSPS) is 10.0. The third-order valence-electron chi connectivity index (χ3n) is 3.02. The number of carbonyl (C=O) groups is 1. The molecule has 0 unspecified atom stereocenters. The lowest BCUT2D eigenvalue weighted by molar-refractivity contribution is 0.0963. The van der Waals surface area contributed by atoms with Crippen molar-refractivity contribution in [2.45, 2.75) is 33.6 Å². The van der Waals surface area contributed by atoms with Gasteiger partial charge < -0.3 is 5.32 Å². The maximum absolute atomic E-state index is 11.5. The molecule has 0 saturated carbocycles. The molecule has 0 saturated heterocycles. The highest BCUT2D eigenvalue weighted by atomic mass is 16.1. The van der Waals surface area contributed by atoms with Crippen molar-refractivity contribution >= 4 is 16.7 Å². The number of carbonyl (C=O) groups excluding carboxylic acids is 1. The summed E-state index contributed by atoms with van der Waals surface area (Å²) in [6.07, 6.45) is 0. The maximum atomic E-state index is 11.5. The molecule has 0 spiro atoms. The Hall–Kier alpha value is -1.83. The molecule has 0 aliphatic heterocycles. The molecular formula is C17H23NO. The van der Waals surface area contributed by atoms with E-state index >= 15 is 0 Å². The molecule has 2 nitrogen and oxygen atoms in total. The molecule has 0 aromatic heterocycles. The Morgan fingerprint density at radius 3 is 2.16 bits per heavy atom. The molecule has 0 aliphatic carbocycles. The summed E-state index contributed by atoms with van der Waals surface area (Å²) in [4.78, 5) is 11.5. The van der Waals surface area contributed by atoms with Crippen LogP contribution in [-0.2, 0) is 0 Å². The largest absolute Gasteiger partial charge is 0.355 e. The zero-order chi connectivity index (χ0) is 14.4. The molecule has 0 heterocycles. The van der Waals surface area contributed by atoms with E-state index in [0.717, 1.165) is 5.39 Å². The molecule has 102 valence electrons. The summed E-state index contributed by atoms with van der Waals surface area (Å²) >= 11 is 0. The van der Waals surface area contributed by atoms with Crippen molar-refractivity contribution in [2.24, 2.45) is 0 Å². The van der Waals surface area contributed by atoms with Crippen molar-refractivity contribution in [3.8, 4) is 0 Å². The fourth-order valence-corrected chi connectivity index (χ4v) is 1.91. The summed E-state index contributed by atoms with van der Waals surface area (Å²) < 4.78 is 0. The number of nitrogens with one attached hydrogen (secondary N) is 1. The zero-order valence-corrected chi connectivity index (χ0v) is 12.4. The van der Waals surface area contributed by atoms with Crippen LogP contribution in [0.15, 0.2) is 36.4 Å². The molecule has 0 atom stereocenters. The summed E-state index contributed by atoms with van der Waals surface area (Å²) in [6, 6.07) is 12.2. The predicted octanol–water partition coefficient (Wildman–Crippen LogP) is 4.35. The standard InChI is InChI=1S/C15H17NO.C2H6/c1-10(2)11-4-5-13-9-14(15(17)16-3)7-6-12(13)8-11;1-2/h4-10H,1-3H3,(H,16,17);1-2H3. The molecule has 2 rings (SSSR count). The summed E-state index contributed by atoms with van der Waals surface area (Å²) in [5, 5.41) is 4.93. The van der Waals surface area contributed by atoms with Gasteiger partial charge in [-0.25, -0.2) is 0 Å². The molecular weight excluding hydrogens is 234 g/mol. The Morgan fingerprint density at radius 2 is 1.58 bits per heavy atom. The molecule has 0 aliphatic rings. The summed E-state index contributed by atoms with van der Waals surface area (Å²) in [6.45, 7) is 8.36. The minimum absolute atomic E-state index is 0.0418. The van der Waals surface area contributed by atoms with Gasteiger partial charge in [-0.15, -0.1) is 0 Å². The van der Waals surface area contributed by atoms with Crippen LogP contribution in [0.3, 0.4) is 0 Å². The van der Waals surface area contributed by atoms with Gasteiger partial charge in [0.2, 0.25) is 0 Å². The Kier molecular flexibility index (Phi) is 5.56. The molecule has 2 aromatic carbocycles. The lowest BCUT2D eigenvalue weighted by Gasteiger charge is -2.08. The number of hydrogen-bond acceptors (Lipinski definition) is 1. The number of rotatable bonds is 2. The van der Waals surface area contributed by atoms with Crippen molar-refractivity contribution in [3.05, 3.63) is 47.5 Å². The van der Waals surface area contributed by atoms with E-state index in [2.05, 4.69) is 37.4 Å². The van der Waals surface area contributed by atoms with Crippen LogP contribution in [-0.4, -0.2) is 13.0 Å². The van der Waals surface area contributed by atoms with Crippen molar-refractivity contribution in [3.63, 3.8) is 0 Å². The van der Waals surface area contributed by atoms with Gasteiger partial charge >= 0.3 is 0 Å². The van der Waals surface area contributed by atoms with Gasteiger partial charge in [0, 0.05) is 12.6 Å². The van der Waals surface area contributed by atoms with Crippen LogP contribution in [0.4, 0.5) is 0 Å². The number of benzene rings is 2. The van der Waals surface area contributed by atoms with E-state index in [9.17, 15) is 4.79 Å². The van der Waals surface area contributed by atoms with E-state index in [1.54, 1.807) is 7.05 Å². The first kappa shape index (κ1) is 15.2. The predicted molar refractivity (Wildman–Crippen MR) is 82.8 cm³/mol. The fraction of sp³-hybridized carbons (Fsp3) is 0.353. The molecule has 2 aromatic rings. The maximum Gasteiger partial charge on any atom is 0.251 e. The molecule has 0 bridgehead atoms. The zero-order valence-electron chi connectivity index (χ0n) is 12.4. The van der Waals surface area contributed by atoms with Crippen molar-refractivity contribution in [2.75, 3.05) is 7.05 Å². The Bertz CT molecular complexity index is 558. The minimum Gasteiger partial charge on any atom is -0.355 e. The second-order valence-corrected chi connectivity index (χ2v) is 4.56. The Morgan fingerprint density at radius 1 is 1.00 bits per heavy atom. The second-order valence-electron chi connectivity index (χ2n) is 4.56. The quantitative estimate of drug-likeness (QED) is 0.851. The van der Waals surface area contributed by atoms with E-state index in [4.69, 9.17) is 0 Å². The fourth-order valence-electron chi connectivity index (χ4n) is 1.91. The Labute approximate surface area is 115 Å². The van der Waals surface area contributed by atoms with Gasteiger partial charge in [-0.3, -0.25) is 4.79 Å². The van der Waals surface area contributed by atoms with Crippen LogP contribution >= 0.6 is 0 Å². The van der Waals surface area contributed by atoms with E-state index in [1.807, 2.05) is 32.0 Å². The SMILES string of the molecule is CC.CNC(=O)c1ccc2cc(C(C)C)ccc2c1. The van der Waals surface area contributed by atoms with Crippen molar-refractivity contribution < 1.29 is 4.79 Å². The number of fused-ring (bicyclic) bond motifs is 1. The van der Waals surface area contributed by atoms with Gasteiger partial charge in [0.25, 0.3) is 5.91 Å². The van der Waals surface area contributed by atoms with Gasteiger partial charge in [-0.1, -0.05) is 52.0 Å². The van der Waals surface area contributed by atoms with Crippen molar-refractivity contribution in [1.29, 1.82) is 0 Å². The first-order valence-electron chi connectivity index (χ1n) is 6.87. The van der Waals surface area contributed by atoms with Crippen LogP contribution in [0.1, 0.15) is 49.5 Å². The van der Waals surface area contributed by atoms with Gasteiger partial charge in [-0.05, 0) is 34.4 Å². The van der Waals surface area contributed by atoms with Gasteiger partial charge in [0.15, 0.2) is 0 Å². The number of hydrogen-bond donors (Lipinski definition) is 1. The average molecular weight is 257 g/mol. The van der Waals surface area contributed by atoms with E-state index in [-0.39, 0.29) is 5.91 Å². The lowest BCUT2D eigenvalue weighted by atomic mass is 9.98. The van der Waals surface area contributed by atoms with Crippen LogP contribution in [0.5, 0.6) is 0 Å². The lowest BCUT2D eigenvalue weighted by Crippen LogP contribution is -2.17. The second kappa shape index (κ2) is 6.93. The van der Waals surface area contributed by atoms with E-state index in [1.165, 1.54) is 10.9 Å². The monoisotopic (exact) mass is 257 g/mol. The van der Waals surface area contributed by atoms with E-state index in [0.29, 0.717) is 11.5 Å². The average Bonchev–Trinajstić information content (AvgIpc) is 2.47. The summed E-state index contributed by atoms with van der Waals surface area (Å²) in [7, 11) is 1.65. The summed E-state index contributed by atoms with van der Waals surface area (Å²) in [5.41, 5.74) is 2.03. The van der Waals surface area contributed by atoms with Crippen LogP contribution in [0.2, 0.25) is 0 Å². The van der Waals surface area contributed by atoms with Crippen molar-refractivity contribution in [1.82, 2.24) is 5.32 Å².